The van der Waals surface area contributed by atoms with E-state index in [1.807, 2.05) is 0 Å². The Balaban J connectivity index is 2.85. The second kappa shape index (κ2) is 5.34. The summed E-state index contributed by atoms with van der Waals surface area (Å²) in [6, 6.07) is 0. The van der Waals surface area contributed by atoms with Crippen molar-refractivity contribution in [2.45, 2.75) is 12.6 Å². The van der Waals surface area contributed by atoms with Crippen LogP contribution in [-0.4, -0.2) is 40.5 Å². The Kier molecular flexibility index (Phi) is 4.28. The molecule has 0 fully saturated rings. The molecule has 0 aliphatic carbocycles. The van der Waals surface area contributed by atoms with Crippen LogP contribution in [0, 0.1) is 0 Å². The first kappa shape index (κ1) is 14.4. The van der Waals surface area contributed by atoms with Gasteiger partial charge in [-0.1, -0.05) is 0 Å². The number of rotatable bonds is 4. The van der Waals surface area contributed by atoms with Gasteiger partial charge in [-0.3, -0.25) is 9.59 Å². The quantitative estimate of drug-likeness (QED) is 0.912. The van der Waals surface area contributed by atoms with Crippen LogP contribution >= 0.6 is 11.3 Å². The number of alkyl halides is 3. The maximum absolute atomic E-state index is 12.5. The van der Waals surface area contributed by atoms with Crippen LogP contribution in [0.25, 0.3) is 0 Å². The molecule has 1 aromatic heterocycles. The molecule has 0 unspecified atom stereocenters. The number of carbonyl (C=O) groups excluding carboxylic acids is 1. The van der Waals surface area contributed by atoms with E-state index in [0.717, 1.165) is 10.4 Å². The fraction of sp³-hybridized carbons (Fsp3) is 0.444. The van der Waals surface area contributed by atoms with E-state index in [9.17, 15) is 22.8 Å². The van der Waals surface area contributed by atoms with Gasteiger partial charge in [0.2, 0.25) is 0 Å². The lowest BCUT2D eigenvalue weighted by atomic mass is 10.3. The van der Waals surface area contributed by atoms with E-state index < -0.39 is 28.6 Å². The van der Waals surface area contributed by atoms with Crippen LogP contribution in [0.2, 0.25) is 0 Å². The molecule has 0 spiro atoms. The van der Waals surface area contributed by atoms with Crippen LogP contribution in [0.1, 0.15) is 21.8 Å². The third-order valence-electron chi connectivity index (χ3n) is 2.04. The number of hydrogen-bond donors (Lipinski definition) is 1. The van der Waals surface area contributed by atoms with Gasteiger partial charge in [0.25, 0.3) is 5.91 Å². The van der Waals surface area contributed by atoms with Crippen LogP contribution in [-0.2, 0) is 11.0 Å². The maximum atomic E-state index is 12.5. The van der Waals surface area contributed by atoms with E-state index in [2.05, 4.69) is 4.98 Å². The summed E-state index contributed by atoms with van der Waals surface area (Å²) >= 11 is 0.577. The van der Waals surface area contributed by atoms with Gasteiger partial charge >= 0.3 is 12.1 Å². The van der Waals surface area contributed by atoms with E-state index in [1.54, 1.807) is 0 Å². The van der Waals surface area contributed by atoms with Crippen molar-refractivity contribution in [2.24, 2.45) is 0 Å². The van der Waals surface area contributed by atoms with Gasteiger partial charge in [-0.15, -0.1) is 11.3 Å². The van der Waals surface area contributed by atoms with Crippen LogP contribution < -0.4 is 0 Å². The summed E-state index contributed by atoms with van der Waals surface area (Å²) in [5.41, 5.74) is -0.305. The predicted molar refractivity (Wildman–Crippen MR) is 56.3 cm³/mol. The van der Waals surface area contributed by atoms with Crippen LogP contribution in [0.5, 0.6) is 0 Å². The molecule has 0 aromatic carbocycles. The molecule has 1 heterocycles. The number of aliphatic carboxylic acids is 1. The average Bonchev–Trinajstić information content (AvgIpc) is 2.72. The summed E-state index contributed by atoms with van der Waals surface area (Å²) in [6.07, 6.45) is -5.03. The number of hydrogen-bond acceptors (Lipinski definition) is 4. The number of thiazole rings is 1. The molecule has 0 saturated heterocycles. The number of carboxylic acids is 1. The van der Waals surface area contributed by atoms with Crippen molar-refractivity contribution >= 4 is 23.2 Å². The van der Waals surface area contributed by atoms with Crippen molar-refractivity contribution < 1.29 is 27.9 Å². The first-order valence-corrected chi connectivity index (χ1v) is 5.59. The van der Waals surface area contributed by atoms with E-state index >= 15 is 0 Å². The molecule has 100 valence electrons. The molecular weight excluding hydrogens is 273 g/mol. The molecule has 1 amide bonds. The number of nitrogens with zero attached hydrogens (tertiary/aromatic N) is 2. The number of carbonyl (C=O) groups is 2. The normalized spacial score (nSPS) is 11.3. The van der Waals surface area contributed by atoms with Crippen LogP contribution in [0.4, 0.5) is 13.2 Å². The topological polar surface area (TPSA) is 70.5 Å². The highest BCUT2D eigenvalue weighted by Crippen LogP contribution is 2.33. The summed E-state index contributed by atoms with van der Waals surface area (Å²) in [7, 11) is 1.24. The smallest absolute Gasteiger partial charge is 0.434 e. The first-order chi connectivity index (χ1) is 8.23. The summed E-state index contributed by atoms with van der Waals surface area (Å²) in [5, 5.41) is 8.43. The van der Waals surface area contributed by atoms with E-state index in [4.69, 9.17) is 5.11 Å². The molecule has 0 saturated carbocycles. The van der Waals surface area contributed by atoms with Gasteiger partial charge in [0.1, 0.15) is 4.88 Å². The monoisotopic (exact) mass is 282 g/mol. The SMILES string of the molecule is CN(CCC(=O)O)C(=O)c1scnc1C(F)(F)F. The Morgan fingerprint density at radius 3 is 2.61 bits per heavy atom. The minimum atomic E-state index is -4.70. The highest BCUT2D eigenvalue weighted by molar-refractivity contribution is 7.11. The van der Waals surface area contributed by atoms with Crippen molar-refractivity contribution in [3.63, 3.8) is 0 Å². The highest BCUT2D eigenvalue weighted by atomic mass is 32.1. The average molecular weight is 282 g/mol. The molecule has 1 N–H and O–H groups in total. The molecule has 0 radical (unpaired) electrons. The lowest BCUT2D eigenvalue weighted by Crippen LogP contribution is -2.30. The number of halogens is 3. The molecular formula is C9H9F3N2O3S. The van der Waals surface area contributed by atoms with Crippen LogP contribution in [0.15, 0.2) is 5.51 Å². The largest absolute Gasteiger partial charge is 0.481 e. The Bertz CT molecular complexity index is 458. The van der Waals surface area contributed by atoms with Crippen LogP contribution in [0.3, 0.4) is 0 Å². The maximum Gasteiger partial charge on any atom is 0.434 e. The Hall–Kier alpha value is -1.64. The van der Waals surface area contributed by atoms with Crippen molar-refractivity contribution in [3.8, 4) is 0 Å². The van der Waals surface area contributed by atoms with Gasteiger partial charge in [-0.25, -0.2) is 4.98 Å². The van der Waals surface area contributed by atoms with Crippen molar-refractivity contribution in [2.75, 3.05) is 13.6 Å². The van der Waals surface area contributed by atoms with Gasteiger partial charge < -0.3 is 10.0 Å². The first-order valence-electron chi connectivity index (χ1n) is 4.71. The molecule has 0 aliphatic rings. The van der Waals surface area contributed by atoms with Crippen molar-refractivity contribution in [1.29, 1.82) is 0 Å². The number of carboxylic acid groups (broad SMARTS) is 1. The minimum Gasteiger partial charge on any atom is -0.481 e. The summed E-state index contributed by atoms with van der Waals surface area (Å²) in [4.78, 5) is 25.5. The van der Waals surface area contributed by atoms with E-state index in [-0.39, 0.29) is 13.0 Å². The molecule has 18 heavy (non-hydrogen) atoms. The second-order valence-corrected chi connectivity index (χ2v) is 4.25. The Morgan fingerprint density at radius 1 is 1.50 bits per heavy atom. The van der Waals surface area contributed by atoms with E-state index in [1.165, 1.54) is 7.05 Å². The van der Waals surface area contributed by atoms with Crippen molar-refractivity contribution in [3.05, 3.63) is 16.1 Å². The summed E-state index contributed by atoms with van der Waals surface area (Å²) < 4.78 is 37.5. The molecule has 9 heteroatoms. The number of aromatic nitrogens is 1. The van der Waals surface area contributed by atoms with Gasteiger partial charge in [0.05, 0.1) is 11.9 Å². The lowest BCUT2D eigenvalue weighted by molar-refractivity contribution is -0.141. The van der Waals surface area contributed by atoms with E-state index in [0.29, 0.717) is 11.3 Å². The fourth-order valence-electron chi connectivity index (χ4n) is 1.14. The van der Waals surface area contributed by atoms with Gasteiger partial charge in [-0.2, -0.15) is 13.2 Å². The fourth-order valence-corrected chi connectivity index (χ4v) is 1.94. The predicted octanol–water partition coefficient (Wildman–Crippen LogP) is 1.71. The zero-order chi connectivity index (χ0) is 13.9. The Labute approximate surface area is 104 Å². The van der Waals surface area contributed by atoms with Gasteiger partial charge in [-0.05, 0) is 0 Å². The lowest BCUT2D eigenvalue weighted by Gasteiger charge is -2.16. The molecule has 5 nitrogen and oxygen atoms in total. The highest BCUT2D eigenvalue weighted by Gasteiger charge is 2.38. The third-order valence-corrected chi connectivity index (χ3v) is 2.85. The van der Waals surface area contributed by atoms with Crippen molar-refractivity contribution in [1.82, 2.24) is 9.88 Å². The number of amides is 1. The Morgan fingerprint density at radius 2 is 2.11 bits per heavy atom. The zero-order valence-corrected chi connectivity index (χ0v) is 10.0. The minimum absolute atomic E-state index is 0.163. The molecule has 1 aromatic rings. The standard InChI is InChI=1S/C9H9F3N2O3S/c1-14(3-2-5(15)16)8(17)6-7(9(10,11)12)13-4-18-6/h4H,2-3H2,1H3,(H,15,16). The van der Waals surface area contributed by atoms with Gasteiger partial charge in [0, 0.05) is 13.6 Å². The third kappa shape index (κ3) is 3.42. The molecule has 1 rings (SSSR count). The summed E-state index contributed by atoms with van der Waals surface area (Å²) in [6.45, 7) is -0.163. The summed E-state index contributed by atoms with van der Waals surface area (Å²) in [5.74, 6) is -2.01. The second-order valence-electron chi connectivity index (χ2n) is 3.40. The molecule has 0 aliphatic heterocycles. The zero-order valence-electron chi connectivity index (χ0n) is 9.19. The molecule has 0 bridgehead atoms. The molecule has 0 atom stereocenters. The van der Waals surface area contributed by atoms with Gasteiger partial charge in [0.15, 0.2) is 5.69 Å².